The van der Waals surface area contributed by atoms with E-state index in [1.54, 1.807) is 35.8 Å². The van der Waals surface area contributed by atoms with E-state index in [-0.39, 0.29) is 12.0 Å². The molecule has 0 aliphatic carbocycles. The van der Waals surface area contributed by atoms with E-state index in [2.05, 4.69) is 57.9 Å². The Hall–Kier alpha value is -4.41. The first-order chi connectivity index (χ1) is 24.8. The van der Waals surface area contributed by atoms with Gasteiger partial charge in [-0.3, -0.25) is 14.7 Å². The average molecular weight is 727 g/mol. The zero-order chi connectivity index (χ0) is 35.4. The van der Waals surface area contributed by atoms with Crippen LogP contribution in [0.25, 0.3) is 0 Å². The van der Waals surface area contributed by atoms with Crippen molar-refractivity contribution in [1.29, 1.82) is 0 Å². The minimum absolute atomic E-state index is 0.0764. The Morgan fingerprint density at radius 2 is 1.57 bits per heavy atom. The molecule has 4 aromatic rings. The number of allylic oxidation sites excluding steroid dienone is 1. The van der Waals surface area contributed by atoms with Gasteiger partial charge in [-0.05, 0) is 90.7 Å². The van der Waals surface area contributed by atoms with Gasteiger partial charge < -0.3 is 24.0 Å². The fraction of sp³-hybridized carbons (Fsp3) is 0.325. The van der Waals surface area contributed by atoms with Crippen molar-refractivity contribution in [2.24, 2.45) is 10.9 Å². The van der Waals surface area contributed by atoms with Gasteiger partial charge in [0.15, 0.2) is 0 Å². The molecule has 2 saturated heterocycles. The van der Waals surface area contributed by atoms with E-state index in [4.69, 9.17) is 37.4 Å². The third kappa shape index (κ3) is 7.92. The van der Waals surface area contributed by atoms with Crippen molar-refractivity contribution in [2.75, 3.05) is 54.1 Å². The molecule has 11 heteroatoms. The van der Waals surface area contributed by atoms with E-state index in [1.165, 1.54) is 0 Å². The third-order valence-corrected chi connectivity index (χ3v) is 10.2. The Kier molecular flexibility index (Phi) is 10.6. The lowest BCUT2D eigenvalue weighted by atomic mass is 9.98. The van der Waals surface area contributed by atoms with Crippen LogP contribution in [0.1, 0.15) is 31.4 Å². The van der Waals surface area contributed by atoms with Crippen LogP contribution in [0.3, 0.4) is 0 Å². The SMILES string of the molecule is CCC(C)/C=C1\N=CN(c2ccc(N3CCN(c4ccc(OCC5COC(Cc6ccncc6)(c6ccc(Cl)cc6Cl)O5)cc4)CC3)cc2)C1=O. The number of aliphatic imine (C=N–C) groups is 1. The molecule has 7 rings (SSSR count). The summed E-state index contributed by atoms with van der Waals surface area (Å²) in [5.41, 5.74) is 5.37. The van der Waals surface area contributed by atoms with Crippen LogP contribution >= 0.6 is 23.2 Å². The molecule has 3 aliphatic rings. The number of hydrogen-bond acceptors (Lipinski definition) is 8. The molecule has 9 nitrogen and oxygen atoms in total. The van der Waals surface area contributed by atoms with Crippen LogP contribution in [-0.2, 0) is 26.5 Å². The maximum Gasteiger partial charge on any atom is 0.281 e. The summed E-state index contributed by atoms with van der Waals surface area (Å²) < 4.78 is 19.1. The number of halogens is 2. The van der Waals surface area contributed by atoms with Crippen LogP contribution in [0, 0.1) is 5.92 Å². The van der Waals surface area contributed by atoms with Crippen molar-refractivity contribution >= 4 is 52.5 Å². The number of rotatable bonds is 11. The number of nitrogens with zero attached hydrogens (tertiary/aromatic N) is 5. The predicted octanol–water partition coefficient (Wildman–Crippen LogP) is 7.91. The smallest absolute Gasteiger partial charge is 0.281 e. The minimum Gasteiger partial charge on any atom is -0.491 e. The van der Waals surface area contributed by atoms with Gasteiger partial charge in [0.05, 0.1) is 17.3 Å². The molecule has 3 aromatic carbocycles. The lowest BCUT2D eigenvalue weighted by Gasteiger charge is -2.37. The highest BCUT2D eigenvalue weighted by Crippen LogP contribution is 2.42. The highest BCUT2D eigenvalue weighted by Gasteiger charge is 2.45. The number of carbonyl (C=O) groups is 1. The van der Waals surface area contributed by atoms with Gasteiger partial charge in [-0.1, -0.05) is 49.2 Å². The maximum atomic E-state index is 12.9. The second-order valence-electron chi connectivity index (χ2n) is 13.1. The number of pyridine rings is 1. The van der Waals surface area contributed by atoms with Crippen LogP contribution < -0.4 is 19.4 Å². The van der Waals surface area contributed by atoms with Crippen LogP contribution in [0.2, 0.25) is 10.0 Å². The van der Waals surface area contributed by atoms with E-state index in [1.807, 2.05) is 48.5 Å². The van der Waals surface area contributed by atoms with Crippen molar-refractivity contribution in [3.63, 3.8) is 0 Å². The molecule has 3 atom stereocenters. The van der Waals surface area contributed by atoms with Gasteiger partial charge in [0, 0.05) is 67.0 Å². The highest BCUT2D eigenvalue weighted by molar-refractivity contribution is 6.35. The zero-order valence-electron chi connectivity index (χ0n) is 28.8. The summed E-state index contributed by atoms with van der Waals surface area (Å²) in [4.78, 5) is 27.7. The number of piperazine rings is 1. The quantitative estimate of drug-likeness (QED) is 0.146. The number of ether oxygens (including phenoxy) is 3. The normalized spacial score (nSPS) is 21.9. The van der Waals surface area contributed by atoms with Crippen molar-refractivity contribution in [1.82, 2.24) is 4.98 Å². The van der Waals surface area contributed by atoms with Crippen molar-refractivity contribution < 1.29 is 19.0 Å². The first-order valence-electron chi connectivity index (χ1n) is 17.4. The molecule has 1 aromatic heterocycles. The van der Waals surface area contributed by atoms with Gasteiger partial charge in [0.25, 0.3) is 5.91 Å². The van der Waals surface area contributed by atoms with E-state index in [0.29, 0.717) is 41.3 Å². The summed E-state index contributed by atoms with van der Waals surface area (Å²) >= 11 is 12.8. The molecule has 51 heavy (non-hydrogen) atoms. The summed E-state index contributed by atoms with van der Waals surface area (Å²) in [7, 11) is 0. The van der Waals surface area contributed by atoms with Gasteiger partial charge in [0.2, 0.25) is 5.79 Å². The molecule has 0 bridgehead atoms. The first-order valence-corrected chi connectivity index (χ1v) is 18.1. The highest BCUT2D eigenvalue weighted by atomic mass is 35.5. The minimum atomic E-state index is -1.07. The molecular weight excluding hydrogens is 685 g/mol. The number of anilines is 3. The fourth-order valence-corrected chi connectivity index (χ4v) is 7.12. The maximum absolute atomic E-state index is 12.9. The number of amides is 1. The Balaban J connectivity index is 0.914. The summed E-state index contributed by atoms with van der Waals surface area (Å²) in [6.45, 7) is 8.45. The monoisotopic (exact) mass is 725 g/mol. The summed E-state index contributed by atoms with van der Waals surface area (Å²) in [6, 6.07) is 25.6. The molecule has 0 radical (unpaired) electrons. The van der Waals surface area contributed by atoms with Crippen LogP contribution in [-0.4, -0.2) is 62.7 Å². The van der Waals surface area contributed by atoms with Gasteiger partial charge >= 0.3 is 0 Å². The number of carbonyl (C=O) groups excluding carboxylic acids is 1. The summed E-state index contributed by atoms with van der Waals surface area (Å²) in [5, 5.41) is 1.04. The largest absolute Gasteiger partial charge is 0.491 e. The Morgan fingerprint density at radius 3 is 2.22 bits per heavy atom. The lowest BCUT2D eigenvalue weighted by Crippen LogP contribution is -2.46. The molecule has 3 unspecified atom stereocenters. The molecule has 1 amide bonds. The van der Waals surface area contributed by atoms with Crippen LogP contribution in [0.4, 0.5) is 17.1 Å². The average Bonchev–Trinajstić information content (AvgIpc) is 3.74. The molecule has 0 spiro atoms. The molecule has 264 valence electrons. The van der Waals surface area contributed by atoms with E-state index >= 15 is 0 Å². The lowest BCUT2D eigenvalue weighted by molar-refractivity contribution is -0.178. The van der Waals surface area contributed by atoms with Crippen molar-refractivity contribution in [3.8, 4) is 5.75 Å². The van der Waals surface area contributed by atoms with Gasteiger partial charge in [-0.15, -0.1) is 0 Å². The van der Waals surface area contributed by atoms with E-state index in [0.717, 1.165) is 66.5 Å². The second-order valence-corrected chi connectivity index (χ2v) is 14.0. The standard InChI is InChI=1S/C40H41Cl2N5O4/c1-3-28(2)22-38-39(48)47(27-44-38)33-7-5-31(6-8-33)45-18-20-46(21-19-45)32-9-11-34(12-10-32)49-25-35-26-50-40(51-35,24-29-14-16-43-17-15-29)36-13-4-30(41)23-37(36)42/h4-17,22-23,27-28,35H,3,18-21,24-26H2,1-2H3/b38-22-. The Morgan fingerprint density at radius 1 is 0.922 bits per heavy atom. The Labute approximate surface area is 309 Å². The van der Waals surface area contributed by atoms with Crippen molar-refractivity contribution in [2.45, 2.75) is 38.6 Å². The number of hydrogen-bond donors (Lipinski definition) is 0. The number of benzene rings is 3. The van der Waals surface area contributed by atoms with Gasteiger partial charge in [-0.2, -0.15) is 0 Å². The Bertz CT molecular complexity index is 1880. The topological polar surface area (TPSA) is 79.7 Å². The van der Waals surface area contributed by atoms with Crippen LogP contribution in [0.15, 0.2) is 108 Å². The molecular formula is C40H41Cl2N5O4. The first kappa shape index (κ1) is 35.0. The molecule has 2 fully saturated rings. The molecule has 3 aliphatic heterocycles. The summed E-state index contributed by atoms with van der Waals surface area (Å²) in [5.74, 6) is -0.0656. The second kappa shape index (κ2) is 15.5. The van der Waals surface area contributed by atoms with E-state index in [9.17, 15) is 4.79 Å². The molecule has 0 saturated carbocycles. The fourth-order valence-electron chi connectivity index (χ4n) is 6.57. The van der Waals surface area contributed by atoms with Crippen molar-refractivity contribution in [3.05, 3.63) is 124 Å². The molecule has 0 N–H and O–H groups in total. The molecule has 4 heterocycles. The van der Waals surface area contributed by atoms with Crippen LogP contribution in [0.5, 0.6) is 5.75 Å². The zero-order valence-corrected chi connectivity index (χ0v) is 30.3. The van der Waals surface area contributed by atoms with E-state index < -0.39 is 5.79 Å². The summed E-state index contributed by atoms with van der Waals surface area (Å²) in [6.07, 6.45) is 8.21. The van der Waals surface area contributed by atoms with Gasteiger partial charge in [0.1, 0.15) is 30.5 Å². The van der Waals surface area contributed by atoms with Gasteiger partial charge in [-0.25, -0.2) is 4.99 Å². The third-order valence-electron chi connectivity index (χ3n) is 9.63. The predicted molar refractivity (Wildman–Crippen MR) is 203 cm³/mol. The number of aromatic nitrogens is 1.